The molecule has 0 aliphatic carbocycles. The molecule has 0 N–H and O–H groups in total. The van der Waals surface area contributed by atoms with Crippen molar-refractivity contribution in [3.05, 3.63) is 46.5 Å². The zero-order valence-corrected chi connectivity index (χ0v) is 12.5. The highest BCUT2D eigenvalue weighted by molar-refractivity contribution is 9.10. The molecule has 0 atom stereocenters. The number of aromatic nitrogens is 1. The van der Waals surface area contributed by atoms with Gasteiger partial charge in [-0.15, -0.1) is 0 Å². The molecule has 0 aliphatic heterocycles. The number of carbonyl (C=O) groups excluding carboxylic acids is 1. The lowest BCUT2D eigenvalue weighted by molar-refractivity contribution is -0.118. The molecule has 0 spiro atoms. The molecule has 19 heavy (non-hydrogen) atoms. The fourth-order valence-electron chi connectivity index (χ4n) is 1.72. The van der Waals surface area contributed by atoms with Crippen LogP contribution in [0.4, 0.5) is 5.82 Å². The van der Waals surface area contributed by atoms with E-state index in [1.165, 1.54) is 0 Å². The Kier molecular flexibility index (Phi) is 4.37. The van der Waals surface area contributed by atoms with Gasteiger partial charge in [0.2, 0.25) is 5.91 Å². The molecular weight excluding hydrogens is 308 g/mol. The van der Waals surface area contributed by atoms with E-state index in [0.717, 1.165) is 16.0 Å². The fraction of sp³-hybridized carbons (Fsp3) is 0.286. The van der Waals surface area contributed by atoms with Crippen LogP contribution in [0.5, 0.6) is 0 Å². The van der Waals surface area contributed by atoms with Gasteiger partial charge in [0.05, 0.1) is 0 Å². The van der Waals surface area contributed by atoms with Gasteiger partial charge in [0.1, 0.15) is 17.3 Å². The third kappa shape index (κ3) is 3.67. The lowest BCUT2D eigenvalue weighted by Crippen LogP contribution is -2.27. The molecular formula is C14H15BrN2O2. The van der Waals surface area contributed by atoms with E-state index >= 15 is 0 Å². The molecule has 0 unspecified atom stereocenters. The number of halogens is 1. The van der Waals surface area contributed by atoms with Gasteiger partial charge in [0.15, 0.2) is 0 Å². The van der Waals surface area contributed by atoms with E-state index in [1.54, 1.807) is 18.1 Å². The van der Waals surface area contributed by atoms with Gasteiger partial charge in [0, 0.05) is 30.6 Å². The topological polar surface area (TPSA) is 46.3 Å². The maximum atomic E-state index is 12.1. The van der Waals surface area contributed by atoms with Crippen LogP contribution in [0.1, 0.15) is 17.9 Å². The van der Waals surface area contributed by atoms with Gasteiger partial charge in [-0.3, -0.25) is 9.69 Å². The minimum absolute atomic E-state index is 0.0136. The molecule has 0 fully saturated rings. The molecule has 0 saturated heterocycles. The van der Waals surface area contributed by atoms with Gasteiger partial charge in [-0.25, -0.2) is 4.98 Å². The average Bonchev–Trinajstić information content (AvgIpc) is 2.81. The molecule has 0 aliphatic rings. The van der Waals surface area contributed by atoms with Crippen molar-refractivity contribution in [3.8, 4) is 0 Å². The largest absolute Gasteiger partial charge is 0.466 e. The molecule has 2 heterocycles. The molecule has 2 rings (SSSR count). The van der Waals surface area contributed by atoms with E-state index < -0.39 is 0 Å². The van der Waals surface area contributed by atoms with Gasteiger partial charge in [0.25, 0.3) is 0 Å². The molecule has 2 aromatic heterocycles. The predicted molar refractivity (Wildman–Crippen MR) is 77.1 cm³/mol. The maximum absolute atomic E-state index is 12.1. The van der Waals surface area contributed by atoms with Gasteiger partial charge in [-0.05, 0) is 31.2 Å². The Morgan fingerprint density at radius 1 is 1.42 bits per heavy atom. The van der Waals surface area contributed by atoms with E-state index in [2.05, 4.69) is 20.9 Å². The summed E-state index contributed by atoms with van der Waals surface area (Å²) in [7, 11) is 1.73. The van der Waals surface area contributed by atoms with E-state index in [1.807, 2.05) is 31.2 Å². The molecule has 0 bridgehead atoms. The van der Waals surface area contributed by atoms with Crippen LogP contribution < -0.4 is 4.90 Å². The first kappa shape index (κ1) is 13.8. The quantitative estimate of drug-likeness (QED) is 0.867. The van der Waals surface area contributed by atoms with Crippen molar-refractivity contribution in [1.29, 1.82) is 0 Å². The Balaban J connectivity index is 1.96. The first-order valence-electron chi connectivity index (χ1n) is 5.99. The second kappa shape index (κ2) is 6.02. The number of amides is 1. The summed E-state index contributed by atoms with van der Waals surface area (Å²) >= 11 is 3.37. The number of rotatable bonds is 4. The van der Waals surface area contributed by atoms with Crippen LogP contribution in [0.3, 0.4) is 0 Å². The Bertz CT molecular complexity index is 580. The highest BCUT2D eigenvalue weighted by Crippen LogP contribution is 2.17. The molecule has 2 aromatic rings. The standard InChI is InChI=1S/C14H15BrN2O2/c1-10-3-4-12(19-10)5-6-14(18)17(2)13-9-11(15)7-8-16-13/h3-4,7-9H,5-6H2,1-2H3. The Morgan fingerprint density at radius 3 is 2.84 bits per heavy atom. The van der Waals surface area contributed by atoms with Crippen molar-refractivity contribution in [2.45, 2.75) is 19.8 Å². The summed E-state index contributed by atoms with van der Waals surface area (Å²) in [6.07, 6.45) is 2.67. The fourth-order valence-corrected chi connectivity index (χ4v) is 2.05. The first-order valence-corrected chi connectivity index (χ1v) is 6.79. The molecule has 0 aromatic carbocycles. The number of furan rings is 1. The summed E-state index contributed by atoms with van der Waals surface area (Å²) < 4.78 is 6.35. The summed E-state index contributed by atoms with van der Waals surface area (Å²) in [5, 5.41) is 0. The van der Waals surface area contributed by atoms with Crippen molar-refractivity contribution in [2.75, 3.05) is 11.9 Å². The maximum Gasteiger partial charge on any atom is 0.228 e. The highest BCUT2D eigenvalue weighted by Gasteiger charge is 2.13. The first-order chi connectivity index (χ1) is 9.06. The second-order valence-corrected chi connectivity index (χ2v) is 5.21. The van der Waals surface area contributed by atoms with Gasteiger partial charge in [-0.2, -0.15) is 0 Å². The van der Waals surface area contributed by atoms with Crippen LogP contribution in [0.2, 0.25) is 0 Å². The third-order valence-electron chi connectivity index (χ3n) is 2.81. The van der Waals surface area contributed by atoms with Gasteiger partial charge < -0.3 is 4.42 Å². The minimum Gasteiger partial charge on any atom is -0.466 e. The molecule has 5 heteroatoms. The third-order valence-corrected chi connectivity index (χ3v) is 3.30. The lowest BCUT2D eigenvalue weighted by atomic mass is 10.2. The molecule has 4 nitrogen and oxygen atoms in total. The zero-order valence-electron chi connectivity index (χ0n) is 10.9. The van der Waals surface area contributed by atoms with E-state index in [-0.39, 0.29) is 5.91 Å². The average molecular weight is 323 g/mol. The predicted octanol–water partition coefficient (Wildman–Crippen LogP) is 3.34. The minimum atomic E-state index is 0.0136. The van der Waals surface area contributed by atoms with Crippen LogP contribution in [0.25, 0.3) is 0 Å². The number of nitrogens with zero attached hydrogens (tertiary/aromatic N) is 2. The number of anilines is 1. The Hall–Kier alpha value is -1.62. The zero-order chi connectivity index (χ0) is 13.8. The number of pyridine rings is 1. The van der Waals surface area contributed by atoms with Crippen LogP contribution in [0, 0.1) is 6.92 Å². The smallest absolute Gasteiger partial charge is 0.228 e. The van der Waals surface area contributed by atoms with Crippen LogP contribution in [-0.4, -0.2) is 17.9 Å². The second-order valence-electron chi connectivity index (χ2n) is 4.30. The highest BCUT2D eigenvalue weighted by atomic mass is 79.9. The normalized spacial score (nSPS) is 10.5. The van der Waals surface area contributed by atoms with Crippen LogP contribution in [0.15, 0.2) is 39.4 Å². The number of aryl methyl sites for hydroxylation is 2. The number of carbonyl (C=O) groups is 1. The molecule has 0 radical (unpaired) electrons. The summed E-state index contributed by atoms with van der Waals surface area (Å²) in [5.74, 6) is 2.35. The van der Waals surface area contributed by atoms with E-state index in [0.29, 0.717) is 18.7 Å². The van der Waals surface area contributed by atoms with Crippen molar-refractivity contribution in [2.24, 2.45) is 0 Å². The molecule has 100 valence electrons. The summed E-state index contributed by atoms with van der Waals surface area (Å²) in [6, 6.07) is 7.45. The molecule has 1 amide bonds. The molecule has 0 saturated carbocycles. The Morgan fingerprint density at radius 2 is 2.21 bits per heavy atom. The van der Waals surface area contributed by atoms with E-state index in [9.17, 15) is 4.79 Å². The summed E-state index contributed by atoms with van der Waals surface area (Å²) in [5.41, 5.74) is 0. The lowest BCUT2D eigenvalue weighted by Gasteiger charge is -2.15. The van der Waals surface area contributed by atoms with Crippen LogP contribution >= 0.6 is 15.9 Å². The van der Waals surface area contributed by atoms with Gasteiger partial charge >= 0.3 is 0 Å². The van der Waals surface area contributed by atoms with Crippen LogP contribution in [-0.2, 0) is 11.2 Å². The summed E-state index contributed by atoms with van der Waals surface area (Å²) in [6.45, 7) is 1.89. The van der Waals surface area contributed by atoms with Crippen molar-refractivity contribution < 1.29 is 9.21 Å². The van der Waals surface area contributed by atoms with Gasteiger partial charge in [-0.1, -0.05) is 15.9 Å². The Labute approximate surface area is 120 Å². The number of hydrogen-bond acceptors (Lipinski definition) is 3. The summed E-state index contributed by atoms with van der Waals surface area (Å²) in [4.78, 5) is 17.8. The van der Waals surface area contributed by atoms with Crippen molar-refractivity contribution >= 4 is 27.7 Å². The van der Waals surface area contributed by atoms with Crippen molar-refractivity contribution in [1.82, 2.24) is 4.98 Å². The SMILES string of the molecule is Cc1ccc(CCC(=O)N(C)c2cc(Br)ccn2)o1. The van der Waals surface area contributed by atoms with Crippen molar-refractivity contribution in [3.63, 3.8) is 0 Å². The monoisotopic (exact) mass is 322 g/mol. The number of hydrogen-bond donors (Lipinski definition) is 0. The van der Waals surface area contributed by atoms with E-state index in [4.69, 9.17) is 4.42 Å².